The van der Waals surface area contributed by atoms with Crippen LogP contribution in [0.5, 0.6) is 0 Å². The molecule has 1 aliphatic carbocycles. The van der Waals surface area contributed by atoms with Gasteiger partial charge in [-0.1, -0.05) is 24.3 Å². The molecule has 1 saturated heterocycles. The normalized spacial score (nSPS) is 24.2. The van der Waals surface area contributed by atoms with Gasteiger partial charge in [0.25, 0.3) is 0 Å². The van der Waals surface area contributed by atoms with Gasteiger partial charge in [-0.3, -0.25) is 4.90 Å². The summed E-state index contributed by atoms with van der Waals surface area (Å²) >= 11 is 0. The number of aromatic nitrogens is 2. The van der Waals surface area contributed by atoms with Crippen LogP contribution in [0.25, 0.3) is 0 Å². The monoisotopic (exact) mass is 324 g/mol. The van der Waals surface area contributed by atoms with E-state index in [2.05, 4.69) is 44.0 Å². The highest BCUT2D eigenvalue weighted by molar-refractivity contribution is 5.41. The lowest BCUT2D eigenvalue weighted by atomic mass is 10.1. The van der Waals surface area contributed by atoms with Crippen molar-refractivity contribution in [2.24, 2.45) is 0 Å². The Hall–Kier alpha value is -1.98. The molecule has 2 atom stereocenters. The van der Waals surface area contributed by atoms with Crippen LogP contribution in [0, 0.1) is 13.8 Å². The molecule has 0 amide bonds. The van der Waals surface area contributed by atoms with Gasteiger partial charge in [-0.15, -0.1) is 0 Å². The van der Waals surface area contributed by atoms with Gasteiger partial charge in [-0.05, 0) is 31.4 Å². The fourth-order valence-electron chi connectivity index (χ4n) is 4.02. The minimum absolute atomic E-state index is 0.207. The Labute approximate surface area is 143 Å². The van der Waals surface area contributed by atoms with Crippen molar-refractivity contribution < 1.29 is 5.11 Å². The van der Waals surface area contributed by atoms with E-state index in [-0.39, 0.29) is 12.1 Å². The summed E-state index contributed by atoms with van der Waals surface area (Å²) in [5, 5.41) is 10.7. The van der Waals surface area contributed by atoms with E-state index in [0.717, 1.165) is 55.5 Å². The van der Waals surface area contributed by atoms with Crippen molar-refractivity contribution in [2.75, 3.05) is 31.1 Å². The van der Waals surface area contributed by atoms with Crippen LogP contribution in [-0.4, -0.2) is 52.2 Å². The lowest BCUT2D eigenvalue weighted by molar-refractivity contribution is 0.0571. The first-order chi connectivity index (χ1) is 11.6. The smallest absolute Gasteiger partial charge is 0.132 e. The van der Waals surface area contributed by atoms with E-state index in [0.29, 0.717) is 0 Å². The minimum Gasteiger partial charge on any atom is -0.387 e. The molecule has 1 aliphatic heterocycles. The fraction of sp³-hybridized carbons (Fsp3) is 0.474. The Morgan fingerprint density at radius 1 is 1.04 bits per heavy atom. The number of nitrogens with zero attached hydrogens (tertiary/aromatic N) is 4. The molecular formula is C19H24N4O. The standard InChI is InChI=1S/C19H24N4O/c1-13-11-18(21-14(2)20-13)23-9-7-22(8-10-23)17-12-15-5-3-4-6-16(15)19(17)24/h3-6,11,17,19,24H,7-10,12H2,1-2H3/t17-,19+/m1/s1. The summed E-state index contributed by atoms with van der Waals surface area (Å²) in [5.74, 6) is 1.85. The highest BCUT2D eigenvalue weighted by Crippen LogP contribution is 2.34. The van der Waals surface area contributed by atoms with Crippen molar-refractivity contribution in [3.05, 3.63) is 53.0 Å². The van der Waals surface area contributed by atoms with Gasteiger partial charge in [0.05, 0.1) is 6.10 Å². The first-order valence-electron chi connectivity index (χ1n) is 8.69. The summed E-state index contributed by atoms with van der Waals surface area (Å²) in [6.07, 6.45) is 0.583. The highest BCUT2D eigenvalue weighted by atomic mass is 16.3. The van der Waals surface area contributed by atoms with E-state index in [1.165, 1.54) is 5.56 Å². The number of benzene rings is 1. The van der Waals surface area contributed by atoms with E-state index in [1.54, 1.807) is 0 Å². The van der Waals surface area contributed by atoms with Gasteiger partial charge in [0.15, 0.2) is 0 Å². The number of fused-ring (bicyclic) bond motifs is 1. The number of aliphatic hydroxyl groups is 1. The molecule has 1 aromatic carbocycles. The zero-order chi connectivity index (χ0) is 16.7. The van der Waals surface area contributed by atoms with E-state index < -0.39 is 0 Å². The summed E-state index contributed by atoms with van der Waals surface area (Å²) in [6.45, 7) is 7.75. The zero-order valence-corrected chi connectivity index (χ0v) is 14.3. The molecule has 2 aromatic rings. The fourth-order valence-corrected chi connectivity index (χ4v) is 4.02. The molecule has 0 radical (unpaired) electrons. The third-order valence-electron chi connectivity index (χ3n) is 5.23. The number of aryl methyl sites for hydroxylation is 2. The predicted octanol–water partition coefficient (Wildman–Crippen LogP) is 1.87. The Morgan fingerprint density at radius 3 is 2.50 bits per heavy atom. The summed E-state index contributed by atoms with van der Waals surface area (Å²) in [6, 6.07) is 10.5. The van der Waals surface area contributed by atoms with Crippen LogP contribution in [0.2, 0.25) is 0 Å². The molecule has 0 saturated carbocycles. The van der Waals surface area contributed by atoms with Gasteiger partial charge >= 0.3 is 0 Å². The van der Waals surface area contributed by atoms with Crippen molar-refractivity contribution in [3.8, 4) is 0 Å². The Kier molecular flexibility index (Phi) is 3.98. The summed E-state index contributed by atoms with van der Waals surface area (Å²) in [5.41, 5.74) is 3.41. The number of hydrogen-bond acceptors (Lipinski definition) is 5. The van der Waals surface area contributed by atoms with Crippen molar-refractivity contribution >= 4 is 5.82 Å². The second-order valence-corrected chi connectivity index (χ2v) is 6.85. The molecule has 2 aliphatic rings. The molecule has 0 spiro atoms. The molecule has 0 unspecified atom stereocenters. The van der Waals surface area contributed by atoms with Crippen molar-refractivity contribution in [1.29, 1.82) is 0 Å². The number of anilines is 1. The topological polar surface area (TPSA) is 52.5 Å². The van der Waals surface area contributed by atoms with Gasteiger partial charge in [-0.25, -0.2) is 9.97 Å². The highest BCUT2D eigenvalue weighted by Gasteiger charge is 2.36. The predicted molar refractivity (Wildman–Crippen MR) is 94.2 cm³/mol. The molecule has 1 aromatic heterocycles. The number of rotatable bonds is 2. The largest absolute Gasteiger partial charge is 0.387 e. The molecule has 0 bridgehead atoms. The molecule has 1 N–H and O–H groups in total. The van der Waals surface area contributed by atoms with Crippen LogP contribution in [-0.2, 0) is 6.42 Å². The van der Waals surface area contributed by atoms with E-state index >= 15 is 0 Å². The molecule has 24 heavy (non-hydrogen) atoms. The molecule has 5 nitrogen and oxygen atoms in total. The van der Waals surface area contributed by atoms with Crippen LogP contribution in [0.15, 0.2) is 30.3 Å². The quantitative estimate of drug-likeness (QED) is 0.914. The third kappa shape index (κ3) is 2.78. The molecule has 2 heterocycles. The van der Waals surface area contributed by atoms with Crippen molar-refractivity contribution in [2.45, 2.75) is 32.4 Å². The summed E-state index contributed by atoms with van der Waals surface area (Å²) in [7, 11) is 0. The lowest BCUT2D eigenvalue weighted by Gasteiger charge is -2.39. The van der Waals surface area contributed by atoms with Crippen LogP contribution < -0.4 is 4.90 Å². The Bertz CT molecular complexity index is 720. The average molecular weight is 324 g/mol. The van der Waals surface area contributed by atoms with E-state index in [9.17, 15) is 5.11 Å². The maximum Gasteiger partial charge on any atom is 0.132 e. The first kappa shape index (κ1) is 15.5. The molecule has 126 valence electrons. The second-order valence-electron chi connectivity index (χ2n) is 6.85. The van der Waals surface area contributed by atoms with Crippen LogP contribution in [0.3, 0.4) is 0 Å². The molecule has 1 fully saturated rings. The average Bonchev–Trinajstić information content (AvgIpc) is 2.91. The van der Waals surface area contributed by atoms with Crippen molar-refractivity contribution in [3.63, 3.8) is 0 Å². The maximum absolute atomic E-state index is 10.7. The minimum atomic E-state index is -0.365. The first-order valence-corrected chi connectivity index (χ1v) is 8.69. The van der Waals surface area contributed by atoms with E-state index in [1.807, 2.05) is 19.9 Å². The van der Waals surface area contributed by atoms with Crippen LogP contribution in [0.4, 0.5) is 5.82 Å². The summed E-state index contributed by atoms with van der Waals surface area (Å²) in [4.78, 5) is 13.7. The second kappa shape index (κ2) is 6.15. The SMILES string of the molecule is Cc1cc(N2CCN([C@@H]3Cc4ccccc4[C@@H]3O)CC2)nc(C)n1. The van der Waals surface area contributed by atoms with Gasteiger partial charge in [-0.2, -0.15) is 0 Å². The molecule has 4 rings (SSSR count). The zero-order valence-electron chi connectivity index (χ0n) is 14.3. The van der Waals surface area contributed by atoms with Gasteiger partial charge < -0.3 is 10.0 Å². The number of piperazine rings is 1. The Balaban J connectivity index is 1.44. The van der Waals surface area contributed by atoms with Gasteiger partial charge in [0.2, 0.25) is 0 Å². The van der Waals surface area contributed by atoms with E-state index in [4.69, 9.17) is 0 Å². The molecular weight excluding hydrogens is 300 g/mol. The van der Waals surface area contributed by atoms with Crippen molar-refractivity contribution in [1.82, 2.24) is 14.9 Å². The Morgan fingerprint density at radius 2 is 1.79 bits per heavy atom. The van der Waals surface area contributed by atoms with Gasteiger partial charge in [0, 0.05) is 44.0 Å². The number of hydrogen-bond donors (Lipinski definition) is 1. The number of aliphatic hydroxyl groups excluding tert-OH is 1. The van der Waals surface area contributed by atoms with Crippen LogP contribution >= 0.6 is 0 Å². The molecule has 5 heteroatoms. The third-order valence-corrected chi connectivity index (χ3v) is 5.23. The summed E-state index contributed by atoms with van der Waals surface area (Å²) < 4.78 is 0. The maximum atomic E-state index is 10.7. The van der Waals surface area contributed by atoms with Crippen LogP contribution in [0.1, 0.15) is 28.7 Å². The lowest BCUT2D eigenvalue weighted by Crippen LogP contribution is -2.51. The van der Waals surface area contributed by atoms with Gasteiger partial charge in [0.1, 0.15) is 11.6 Å².